The molecule has 7 heteroatoms. The maximum atomic E-state index is 4.54. The van der Waals surface area contributed by atoms with Crippen LogP contribution in [0, 0.1) is 0 Å². The number of rotatable bonds is 5. The zero-order valence-corrected chi connectivity index (χ0v) is 13.2. The number of piperazine rings is 1. The SMILES string of the molecule is C[C@@H](CNc1cncc(-n2cccn2)n1)N1CCN(C)CC1. The van der Waals surface area contributed by atoms with Gasteiger partial charge in [0.25, 0.3) is 0 Å². The fraction of sp³-hybridized carbons (Fsp3) is 0.533. The Labute approximate surface area is 131 Å². The number of aromatic nitrogens is 4. The maximum absolute atomic E-state index is 4.54. The average Bonchev–Trinajstić information content (AvgIpc) is 3.08. The number of anilines is 1. The Morgan fingerprint density at radius 1 is 1.23 bits per heavy atom. The molecule has 0 aromatic carbocycles. The van der Waals surface area contributed by atoms with Gasteiger partial charge in [0, 0.05) is 51.2 Å². The third kappa shape index (κ3) is 3.61. The van der Waals surface area contributed by atoms with Crippen LogP contribution in [0.1, 0.15) is 6.92 Å². The van der Waals surface area contributed by atoms with Gasteiger partial charge in [-0.3, -0.25) is 9.88 Å². The Hall–Kier alpha value is -1.99. The quantitative estimate of drug-likeness (QED) is 0.877. The number of nitrogens with one attached hydrogen (secondary N) is 1. The second-order valence-corrected chi connectivity index (χ2v) is 5.78. The molecule has 0 spiro atoms. The van der Waals surface area contributed by atoms with E-state index in [0.29, 0.717) is 6.04 Å². The van der Waals surface area contributed by atoms with Crippen molar-refractivity contribution < 1.29 is 0 Å². The molecule has 1 aliphatic rings. The first-order chi connectivity index (χ1) is 10.7. The summed E-state index contributed by atoms with van der Waals surface area (Å²) in [5, 5.41) is 7.56. The summed E-state index contributed by atoms with van der Waals surface area (Å²) in [5.74, 6) is 1.51. The van der Waals surface area contributed by atoms with Gasteiger partial charge in [-0.1, -0.05) is 0 Å². The third-order valence-corrected chi connectivity index (χ3v) is 4.10. The van der Waals surface area contributed by atoms with E-state index in [4.69, 9.17) is 0 Å². The Kier molecular flexibility index (Phi) is 4.65. The lowest BCUT2D eigenvalue weighted by Gasteiger charge is -2.36. The molecule has 2 aromatic rings. The predicted octanol–water partition coefficient (Wildman–Crippen LogP) is 0.710. The first-order valence-corrected chi connectivity index (χ1v) is 7.71. The largest absolute Gasteiger partial charge is 0.367 e. The molecule has 0 saturated carbocycles. The minimum Gasteiger partial charge on any atom is -0.367 e. The van der Waals surface area contributed by atoms with E-state index in [2.05, 4.69) is 44.2 Å². The van der Waals surface area contributed by atoms with Gasteiger partial charge < -0.3 is 10.2 Å². The van der Waals surface area contributed by atoms with Crippen LogP contribution in [0.15, 0.2) is 30.9 Å². The van der Waals surface area contributed by atoms with E-state index in [0.717, 1.165) is 44.4 Å². The monoisotopic (exact) mass is 301 g/mol. The normalized spacial score (nSPS) is 18.3. The summed E-state index contributed by atoms with van der Waals surface area (Å²) in [6.07, 6.45) is 7.06. The molecule has 1 aliphatic heterocycles. The van der Waals surface area contributed by atoms with Crippen LogP contribution in [0.4, 0.5) is 5.82 Å². The predicted molar refractivity (Wildman–Crippen MR) is 86.2 cm³/mol. The van der Waals surface area contributed by atoms with Crippen LogP contribution in [0.5, 0.6) is 0 Å². The van der Waals surface area contributed by atoms with Gasteiger partial charge in [0.1, 0.15) is 5.82 Å². The fourth-order valence-corrected chi connectivity index (χ4v) is 2.60. The van der Waals surface area contributed by atoms with Crippen LogP contribution in [0.2, 0.25) is 0 Å². The molecule has 3 heterocycles. The summed E-state index contributed by atoms with van der Waals surface area (Å²) < 4.78 is 1.71. The van der Waals surface area contributed by atoms with Crippen molar-refractivity contribution in [2.75, 3.05) is 45.1 Å². The molecule has 1 atom stereocenters. The van der Waals surface area contributed by atoms with E-state index in [-0.39, 0.29) is 0 Å². The molecule has 1 N–H and O–H groups in total. The van der Waals surface area contributed by atoms with Gasteiger partial charge in [0.05, 0.1) is 12.4 Å². The molecule has 2 aromatic heterocycles. The second-order valence-electron chi connectivity index (χ2n) is 5.78. The zero-order chi connectivity index (χ0) is 15.4. The highest BCUT2D eigenvalue weighted by Crippen LogP contribution is 2.09. The topological polar surface area (TPSA) is 62.1 Å². The minimum absolute atomic E-state index is 0.476. The van der Waals surface area contributed by atoms with Crippen molar-refractivity contribution in [1.29, 1.82) is 0 Å². The van der Waals surface area contributed by atoms with Crippen LogP contribution in [-0.2, 0) is 0 Å². The Morgan fingerprint density at radius 3 is 2.77 bits per heavy atom. The molecule has 7 nitrogen and oxygen atoms in total. The fourth-order valence-electron chi connectivity index (χ4n) is 2.60. The van der Waals surface area contributed by atoms with Gasteiger partial charge in [-0.15, -0.1) is 0 Å². The number of likely N-dealkylation sites (N-methyl/N-ethyl adjacent to an activating group) is 1. The Bertz CT molecular complexity index is 575. The highest BCUT2D eigenvalue weighted by Gasteiger charge is 2.18. The Balaban J connectivity index is 1.56. The summed E-state index contributed by atoms with van der Waals surface area (Å²) in [6, 6.07) is 2.35. The van der Waals surface area contributed by atoms with Gasteiger partial charge in [-0.25, -0.2) is 9.67 Å². The number of hydrogen-bond acceptors (Lipinski definition) is 6. The average molecular weight is 301 g/mol. The standard InChI is InChI=1S/C15H23N7/c1-13(21-8-6-20(2)7-9-21)10-17-14-11-16-12-15(19-14)22-5-3-4-18-22/h3-5,11-13H,6-10H2,1-2H3,(H,17,19)/t13-/m0/s1. The lowest BCUT2D eigenvalue weighted by molar-refractivity contribution is 0.123. The molecule has 1 saturated heterocycles. The van der Waals surface area contributed by atoms with Gasteiger partial charge in [0.2, 0.25) is 0 Å². The van der Waals surface area contributed by atoms with Crippen LogP contribution in [-0.4, -0.2) is 75.4 Å². The van der Waals surface area contributed by atoms with Crippen LogP contribution >= 0.6 is 0 Å². The lowest BCUT2D eigenvalue weighted by atomic mass is 10.2. The van der Waals surface area contributed by atoms with Crippen molar-refractivity contribution in [1.82, 2.24) is 29.5 Å². The third-order valence-electron chi connectivity index (χ3n) is 4.10. The van der Waals surface area contributed by atoms with E-state index in [1.807, 2.05) is 12.3 Å². The van der Waals surface area contributed by atoms with Crippen molar-refractivity contribution in [3.8, 4) is 5.82 Å². The van der Waals surface area contributed by atoms with Gasteiger partial charge >= 0.3 is 0 Å². The summed E-state index contributed by atoms with van der Waals surface area (Å²) >= 11 is 0. The van der Waals surface area contributed by atoms with Crippen LogP contribution in [0.25, 0.3) is 5.82 Å². The zero-order valence-electron chi connectivity index (χ0n) is 13.2. The summed E-state index contributed by atoms with van der Waals surface area (Å²) in [7, 11) is 2.18. The second kappa shape index (κ2) is 6.85. The maximum Gasteiger partial charge on any atom is 0.173 e. The van der Waals surface area contributed by atoms with E-state index >= 15 is 0 Å². The Morgan fingerprint density at radius 2 is 2.05 bits per heavy atom. The van der Waals surface area contributed by atoms with E-state index < -0.39 is 0 Å². The molecule has 1 fully saturated rings. The van der Waals surface area contributed by atoms with Crippen molar-refractivity contribution in [2.45, 2.75) is 13.0 Å². The molecule has 22 heavy (non-hydrogen) atoms. The molecular weight excluding hydrogens is 278 g/mol. The van der Waals surface area contributed by atoms with Gasteiger partial charge in [-0.2, -0.15) is 5.10 Å². The summed E-state index contributed by atoms with van der Waals surface area (Å²) in [6.45, 7) is 7.64. The molecule has 0 bridgehead atoms. The van der Waals surface area contributed by atoms with Crippen molar-refractivity contribution in [3.05, 3.63) is 30.9 Å². The van der Waals surface area contributed by atoms with Gasteiger partial charge in [0.15, 0.2) is 5.82 Å². The molecular formula is C15H23N7. The van der Waals surface area contributed by atoms with E-state index in [1.54, 1.807) is 23.3 Å². The smallest absolute Gasteiger partial charge is 0.173 e. The van der Waals surface area contributed by atoms with Crippen molar-refractivity contribution in [3.63, 3.8) is 0 Å². The molecule has 0 unspecified atom stereocenters. The highest BCUT2D eigenvalue weighted by atomic mass is 15.3. The van der Waals surface area contributed by atoms with E-state index in [9.17, 15) is 0 Å². The highest BCUT2D eigenvalue weighted by molar-refractivity contribution is 5.35. The molecule has 0 amide bonds. The van der Waals surface area contributed by atoms with Gasteiger partial charge in [-0.05, 0) is 20.0 Å². The van der Waals surface area contributed by atoms with Crippen molar-refractivity contribution in [2.24, 2.45) is 0 Å². The van der Waals surface area contributed by atoms with Crippen LogP contribution < -0.4 is 5.32 Å². The van der Waals surface area contributed by atoms with Crippen LogP contribution in [0.3, 0.4) is 0 Å². The first kappa shape index (κ1) is 14.9. The summed E-state index contributed by atoms with van der Waals surface area (Å²) in [4.78, 5) is 13.7. The molecule has 0 radical (unpaired) electrons. The van der Waals surface area contributed by atoms with Crippen molar-refractivity contribution >= 4 is 5.82 Å². The minimum atomic E-state index is 0.476. The summed E-state index contributed by atoms with van der Waals surface area (Å²) in [5.41, 5.74) is 0. The molecule has 0 aliphatic carbocycles. The lowest BCUT2D eigenvalue weighted by Crippen LogP contribution is -2.49. The molecule has 118 valence electrons. The van der Waals surface area contributed by atoms with E-state index in [1.165, 1.54) is 0 Å². The first-order valence-electron chi connectivity index (χ1n) is 7.71. The number of nitrogens with zero attached hydrogens (tertiary/aromatic N) is 6. The molecule has 3 rings (SSSR count). The number of hydrogen-bond donors (Lipinski definition) is 1.